The van der Waals surface area contributed by atoms with Crippen molar-refractivity contribution in [3.63, 3.8) is 0 Å². The zero-order valence-electron chi connectivity index (χ0n) is 9.05. The fourth-order valence-electron chi connectivity index (χ4n) is 2.16. The first-order valence-electron chi connectivity index (χ1n) is 5.64. The summed E-state index contributed by atoms with van der Waals surface area (Å²) in [5.41, 5.74) is 5.87. The minimum absolute atomic E-state index is 0.0206. The van der Waals surface area contributed by atoms with E-state index in [1.165, 1.54) is 18.2 Å². The molecular formula is C12H16F2N2. The molecule has 0 spiro atoms. The average molecular weight is 226 g/mol. The molecule has 1 aromatic carbocycles. The van der Waals surface area contributed by atoms with Gasteiger partial charge in [0.15, 0.2) is 0 Å². The fraction of sp³-hybridized carbons (Fsp3) is 0.500. The van der Waals surface area contributed by atoms with Crippen LogP contribution in [0.3, 0.4) is 0 Å². The lowest BCUT2D eigenvalue weighted by Gasteiger charge is -2.30. The van der Waals surface area contributed by atoms with Gasteiger partial charge in [-0.25, -0.2) is 8.78 Å². The quantitative estimate of drug-likeness (QED) is 0.813. The van der Waals surface area contributed by atoms with E-state index in [-0.39, 0.29) is 17.8 Å². The third kappa shape index (κ3) is 2.32. The molecule has 0 unspecified atom stereocenters. The molecule has 3 N–H and O–H groups in total. The highest BCUT2D eigenvalue weighted by Gasteiger charge is 2.23. The van der Waals surface area contributed by atoms with Gasteiger partial charge in [-0.05, 0) is 25.0 Å². The van der Waals surface area contributed by atoms with Gasteiger partial charge >= 0.3 is 0 Å². The first kappa shape index (κ1) is 11.3. The van der Waals surface area contributed by atoms with E-state index in [0.717, 1.165) is 25.7 Å². The number of para-hydroxylation sites is 1. The van der Waals surface area contributed by atoms with Crippen LogP contribution in [0.1, 0.15) is 25.7 Å². The normalized spacial score (nSPS) is 25.4. The van der Waals surface area contributed by atoms with Gasteiger partial charge in [-0.2, -0.15) is 0 Å². The highest BCUT2D eigenvalue weighted by Crippen LogP contribution is 2.24. The van der Waals surface area contributed by atoms with Crippen LogP contribution in [0.4, 0.5) is 14.5 Å². The number of halogens is 2. The van der Waals surface area contributed by atoms with E-state index in [0.29, 0.717) is 0 Å². The van der Waals surface area contributed by atoms with Crippen molar-refractivity contribution < 1.29 is 8.78 Å². The van der Waals surface area contributed by atoms with E-state index >= 15 is 0 Å². The van der Waals surface area contributed by atoms with Crippen LogP contribution >= 0.6 is 0 Å². The molecule has 1 aliphatic carbocycles. The molecule has 0 aromatic heterocycles. The lowest BCUT2D eigenvalue weighted by molar-refractivity contribution is 0.401. The van der Waals surface area contributed by atoms with E-state index in [4.69, 9.17) is 5.73 Å². The topological polar surface area (TPSA) is 38.0 Å². The van der Waals surface area contributed by atoms with Gasteiger partial charge in [0.2, 0.25) is 0 Å². The van der Waals surface area contributed by atoms with E-state index in [2.05, 4.69) is 5.32 Å². The SMILES string of the molecule is N[C@@H]1CCCC[C@H]1Nc1c(F)cccc1F. The van der Waals surface area contributed by atoms with Crippen LogP contribution in [0.2, 0.25) is 0 Å². The Morgan fingerprint density at radius 2 is 1.75 bits per heavy atom. The van der Waals surface area contributed by atoms with Crippen LogP contribution < -0.4 is 11.1 Å². The van der Waals surface area contributed by atoms with Crippen molar-refractivity contribution in [3.8, 4) is 0 Å². The molecule has 0 bridgehead atoms. The second kappa shape index (κ2) is 4.78. The number of hydrogen-bond donors (Lipinski definition) is 2. The minimum atomic E-state index is -0.558. The number of rotatable bonds is 2. The fourth-order valence-corrected chi connectivity index (χ4v) is 2.16. The number of benzene rings is 1. The van der Waals surface area contributed by atoms with Gasteiger partial charge in [0.05, 0.1) is 0 Å². The summed E-state index contributed by atoms with van der Waals surface area (Å²) in [7, 11) is 0. The van der Waals surface area contributed by atoms with Crippen molar-refractivity contribution in [1.29, 1.82) is 0 Å². The Balaban J connectivity index is 2.13. The largest absolute Gasteiger partial charge is 0.376 e. The molecule has 2 rings (SSSR count). The maximum absolute atomic E-state index is 13.4. The van der Waals surface area contributed by atoms with E-state index in [1.807, 2.05) is 0 Å². The van der Waals surface area contributed by atoms with Gasteiger partial charge < -0.3 is 11.1 Å². The standard InChI is InChI=1S/C12H16F2N2/c13-8-4-3-5-9(14)12(8)16-11-7-2-1-6-10(11)15/h3-5,10-11,16H,1-2,6-7,15H2/t10-,11-/m1/s1. The average Bonchev–Trinajstić information content (AvgIpc) is 2.26. The molecule has 1 fully saturated rings. The summed E-state index contributed by atoms with van der Waals surface area (Å²) in [6, 6.07) is 3.81. The summed E-state index contributed by atoms with van der Waals surface area (Å²) in [4.78, 5) is 0. The second-order valence-corrected chi connectivity index (χ2v) is 4.30. The molecule has 0 radical (unpaired) electrons. The molecule has 4 heteroatoms. The van der Waals surface area contributed by atoms with Crippen molar-refractivity contribution in [2.75, 3.05) is 5.32 Å². The Kier molecular flexibility index (Phi) is 3.39. The minimum Gasteiger partial charge on any atom is -0.376 e. The molecule has 2 atom stereocenters. The van der Waals surface area contributed by atoms with Gasteiger partial charge in [0.1, 0.15) is 17.3 Å². The van der Waals surface area contributed by atoms with Crippen LogP contribution in [-0.4, -0.2) is 12.1 Å². The first-order valence-corrected chi connectivity index (χ1v) is 5.64. The van der Waals surface area contributed by atoms with Crippen LogP contribution in [0.5, 0.6) is 0 Å². The van der Waals surface area contributed by atoms with Crippen LogP contribution in [0, 0.1) is 11.6 Å². The maximum atomic E-state index is 13.4. The Morgan fingerprint density at radius 1 is 1.12 bits per heavy atom. The summed E-state index contributed by atoms with van der Waals surface area (Å²) in [5, 5.41) is 2.89. The second-order valence-electron chi connectivity index (χ2n) is 4.30. The van der Waals surface area contributed by atoms with E-state index < -0.39 is 11.6 Å². The molecule has 2 nitrogen and oxygen atoms in total. The summed E-state index contributed by atoms with van der Waals surface area (Å²) in [5.74, 6) is -1.12. The molecule has 1 saturated carbocycles. The van der Waals surface area contributed by atoms with Gasteiger partial charge in [0.25, 0.3) is 0 Å². The van der Waals surface area contributed by atoms with E-state index in [1.54, 1.807) is 0 Å². The molecular weight excluding hydrogens is 210 g/mol. The maximum Gasteiger partial charge on any atom is 0.149 e. The highest BCUT2D eigenvalue weighted by molar-refractivity contribution is 5.47. The van der Waals surface area contributed by atoms with Gasteiger partial charge in [-0.1, -0.05) is 18.9 Å². The van der Waals surface area contributed by atoms with Crippen molar-refractivity contribution in [2.24, 2.45) is 5.73 Å². The first-order chi connectivity index (χ1) is 7.68. The Morgan fingerprint density at radius 3 is 2.38 bits per heavy atom. The Bertz CT molecular complexity index is 348. The van der Waals surface area contributed by atoms with Crippen LogP contribution in [0.25, 0.3) is 0 Å². The lowest BCUT2D eigenvalue weighted by atomic mass is 9.91. The predicted molar refractivity (Wildman–Crippen MR) is 60.2 cm³/mol. The number of anilines is 1. The van der Waals surface area contributed by atoms with Gasteiger partial charge in [-0.15, -0.1) is 0 Å². The third-order valence-corrected chi connectivity index (χ3v) is 3.11. The molecule has 1 aliphatic rings. The smallest absolute Gasteiger partial charge is 0.149 e. The van der Waals surface area contributed by atoms with Crippen LogP contribution in [-0.2, 0) is 0 Å². The molecule has 0 aliphatic heterocycles. The van der Waals surface area contributed by atoms with Crippen molar-refractivity contribution >= 4 is 5.69 Å². The zero-order valence-corrected chi connectivity index (χ0v) is 9.05. The van der Waals surface area contributed by atoms with Gasteiger partial charge in [-0.3, -0.25) is 0 Å². The summed E-state index contributed by atoms with van der Waals surface area (Å²) in [6.07, 6.45) is 3.93. The monoisotopic (exact) mass is 226 g/mol. The van der Waals surface area contributed by atoms with E-state index in [9.17, 15) is 8.78 Å². The Hall–Kier alpha value is -1.16. The Labute approximate surface area is 93.8 Å². The summed E-state index contributed by atoms with van der Waals surface area (Å²) in [6.45, 7) is 0. The summed E-state index contributed by atoms with van der Waals surface area (Å²) >= 11 is 0. The van der Waals surface area contributed by atoms with Gasteiger partial charge in [0, 0.05) is 12.1 Å². The molecule has 0 heterocycles. The molecule has 88 valence electrons. The molecule has 1 aromatic rings. The number of nitrogens with one attached hydrogen (secondary N) is 1. The molecule has 0 saturated heterocycles. The summed E-state index contributed by atoms with van der Waals surface area (Å²) < 4.78 is 26.8. The van der Waals surface area contributed by atoms with Crippen LogP contribution in [0.15, 0.2) is 18.2 Å². The third-order valence-electron chi connectivity index (χ3n) is 3.11. The highest BCUT2D eigenvalue weighted by atomic mass is 19.1. The molecule has 0 amide bonds. The van der Waals surface area contributed by atoms with Crippen molar-refractivity contribution in [1.82, 2.24) is 0 Å². The lowest BCUT2D eigenvalue weighted by Crippen LogP contribution is -2.42. The zero-order chi connectivity index (χ0) is 11.5. The predicted octanol–water partition coefficient (Wildman–Crippen LogP) is 2.65. The van der Waals surface area contributed by atoms with Crippen molar-refractivity contribution in [2.45, 2.75) is 37.8 Å². The number of hydrogen-bond acceptors (Lipinski definition) is 2. The number of nitrogens with two attached hydrogens (primary N) is 1. The van der Waals surface area contributed by atoms with Crippen molar-refractivity contribution in [3.05, 3.63) is 29.8 Å². The molecule has 16 heavy (non-hydrogen) atoms.